The first-order chi connectivity index (χ1) is 14.6. The fourth-order valence-electron chi connectivity index (χ4n) is 4.58. The van der Waals surface area contributed by atoms with Crippen molar-refractivity contribution in [3.05, 3.63) is 35.4 Å². The third-order valence-corrected chi connectivity index (χ3v) is 6.66. The second kappa shape index (κ2) is 11.3. The van der Waals surface area contributed by atoms with E-state index in [0.29, 0.717) is 18.3 Å². The van der Waals surface area contributed by atoms with Crippen molar-refractivity contribution in [2.45, 2.75) is 45.6 Å². The van der Waals surface area contributed by atoms with Crippen LogP contribution in [-0.2, 0) is 11.3 Å². The molecule has 2 saturated heterocycles. The number of aryl methyl sites for hydroxylation is 1. The van der Waals surface area contributed by atoms with Gasteiger partial charge in [0.15, 0.2) is 5.96 Å². The van der Waals surface area contributed by atoms with Gasteiger partial charge in [0.25, 0.3) is 0 Å². The van der Waals surface area contributed by atoms with E-state index in [0.717, 1.165) is 45.0 Å². The van der Waals surface area contributed by atoms with E-state index in [2.05, 4.69) is 56.6 Å². The Morgan fingerprint density at radius 1 is 1.03 bits per heavy atom. The van der Waals surface area contributed by atoms with Crippen molar-refractivity contribution >= 4 is 11.9 Å². The summed E-state index contributed by atoms with van der Waals surface area (Å²) in [5, 5.41) is 6.37. The summed E-state index contributed by atoms with van der Waals surface area (Å²) < 4.78 is 0. The summed E-state index contributed by atoms with van der Waals surface area (Å²) in [6.07, 6.45) is 5.25. The van der Waals surface area contributed by atoms with Crippen LogP contribution in [0.1, 0.15) is 43.2 Å². The van der Waals surface area contributed by atoms with Crippen LogP contribution in [0.2, 0.25) is 0 Å². The lowest BCUT2D eigenvalue weighted by Crippen LogP contribution is -2.48. The van der Waals surface area contributed by atoms with Crippen molar-refractivity contribution in [2.75, 3.05) is 46.8 Å². The highest BCUT2D eigenvalue weighted by atomic mass is 16.1. The van der Waals surface area contributed by atoms with E-state index < -0.39 is 0 Å². The van der Waals surface area contributed by atoms with Gasteiger partial charge in [0.1, 0.15) is 0 Å². The number of rotatable bonds is 6. The van der Waals surface area contributed by atoms with E-state index in [4.69, 9.17) is 0 Å². The number of carbonyl (C=O) groups excluding carboxylic acids is 1. The molecule has 0 aliphatic carbocycles. The predicted octanol–water partition coefficient (Wildman–Crippen LogP) is 2.63. The van der Waals surface area contributed by atoms with Crippen LogP contribution in [0.5, 0.6) is 0 Å². The van der Waals surface area contributed by atoms with Crippen molar-refractivity contribution in [2.24, 2.45) is 16.8 Å². The van der Waals surface area contributed by atoms with Gasteiger partial charge in [0, 0.05) is 46.7 Å². The van der Waals surface area contributed by atoms with Gasteiger partial charge in [-0.05, 0) is 63.1 Å². The van der Waals surface area contributed by atoms with Crippen LogP contribution in [0.3, 0.4) is 0 Å². The molecule has 0 bridgehead atoms. The van der Waals surface area contributed by atoms with Crippen LogP contribution in [0.15, 0.2) is 29.3 Å². The monoisotopic (exact) mass is 413 g/mol. The Bertz CT molecular complexity index is 686. The first kappa shape index (κ1) is 22.6. The maximum atomic E-state index is 11.6. The van der Waals surface area contributed by atoms with Gasteiger partial charge in [0.2, 0.25) is 5.91 Å². The molecule has 166 valence electrons. The third-order valence-electron chi connectivity index (χ3n) is 6.66. The summed E-state index contributed by atoms with van der Waals surface area (Å²) in [5.74, 6) is 2.39. The molecule has 0 aromatic heterocycles. The zero-order valence-electron chi connectivity index (χ0n) is 19.0. The fourth-order valence-corrected chi connectivity index (χ4v) is 4.58. The first-order valence-corrected chi connectivity index (χ1v) is 11.5. The van der Waals surface area contributed by atoms with Gasteiger partial charge in [-0.3, -0.25) is 14.7 Å². The minimum Gasteiger partial charge on any atom is -0.359 e. The molecule has 2 N–H and O–H groups in total. The number of benzene rings is 1. The van der Waals surface area contributed by atoms with Gasteiger partial charge >= 0.3 is 0 Å². The van der Waals surface area contributed by atoms with Crippen LogP contribution in [0, 0.1) is 18.8 Å². The predicted molar refractivity (Wildman–Crippen MR) is 124 cm³/mol. The standard InChI is InChI=1S/C24H39N5O/c1-19-4-6-22(7-5-19)18-28-12-8-21(9-13-28)17-27-24(26-3)29-14-10-20(11-15-29)16-23(30)25-2/h4-7,20-21H,8-18H2,1-3H3,(H,25,30)(H,26,27). The molecule has 6 nitrogen and oxygen atoms in total. The summed E-state index contributed by atoms with van der Waals surface area (Å²) >= 11 is 0. The minimum absolute atomic E-state index is 0.157. The number of amides is 1. The Kier molecular flexibility index (Phi) is 8.55. The zero-order valence-corrected chi connectivity index (χ0v) is 19.0. The molecule has 0 radical (unpaired) electrons. The molecule has 1 amide bonds. The number of carbonyl (C=O) groups is 1. The molecule has 2 fully saturated rings. The number of hydrogen-bond acceptors (Lipinski definition) is 3. The normalized spacial score (nSPS) is 19.7. The second-order valence-corrected chi connectivity index (χ2v) is 8.94. The summed E-state index contributed by atoms with van der Waals surface area (Å²) in [7, 11) is 3.60. The molecular weight excluding hydrogens is 374 g/mol. The summed E-state index contributed by atoms with van der Waals surface area (Å²) in [6, 6.07) is 8.92. The average molecular weight is 414 g/mol. The Labute approximate surface area is 182 Å². The lowest BCUT2D eigenvalue weighted by Gasteiger charge is -2.36. The van der Waals surface area contributed by atoms with Crippen molar-refractivity contribution in [1.29, 1.82) is 0 Å². The van der Waals surface area contributed by atoms with E-state index in [1.807, 2.05) is 7.05 Å². The van der Waals surface area contributed by atoms with Gasteiger partial charge in [-0.1, -0.05) is 29.8 Å². The summed E-state index contributed by atoms with van der Waals surface area (Å²) in [5.41, 5.74) is 2.74. The van der Waals surface area contributed by atoms with Gasteiger partial charge in [0.05, 0.1) is 0 Å². The highest BCUT2D eigenvalue weighted by Crippen LogP contribution is 2.21. The van der Waals surface area contributed by atoms with Crippen molar-refractivity contribution < 1.29 is 4.79 Å². The molecule has 2 heterocycles. The Hall–Kier alpha value is -2.08. The van der Waals surface area contributed by atoms with Crippen molar-refractivity contribution in [3.8, 4) is 0 Å². The van der Waals surface area contributed by atoms with Crippen LogP contribution >= 0.6 is 0 Å². The molecule has 0 spiro atoms. The topological polar surface area (TPSA) is 60.0 Å². The Balaban J connectivity index is 1.36. The van der Waals surface area contributed by atoms with Crippen LogP contribution in [-0.4, -0.2) is 68.5 Å². The number of aliphatic imine (C=N–C) groups is 1. The maximum Gasteiger partial charge on any atom is 0.220 e. The molecule has 30 heavy (non-hydrogen) atoms. The molecule has 6 heteroatoms. The quantitative estimate of drug-likeness (QED) is 0.556. The molecule has 2 aliphatic heterocycles. The number of nitrogens with one attached hydrogen (secondary N) is 2. The maximum absolute atomic E-state index is 11.6. The van der Waals surface area contributed by atoms with E-state index in [1.165, 1.54) is 37.1 Å². The first-order valence-electron chi connectivity index (χ1n) is 11.5. The fraction of sp³-hybridized carbons (Fsp3) is 0.667. The molecule has 0 atom stereocenters. The van der Waals surface area contributed by atoms with Crippen LogP contribution in [0.4, 0.5) is 0 Å². The number of piperidine rings is 2. The smallest absolute Gasteiger partial charge is 0.220 e. The average Bonchev–Trinajstić information content (AvgIpc) is 2.78. The number of nitrogens with zero attached hydrogens (tertiary/aromatic N) is 3. The van der Waals surface area contributed by atoms with Crippen molar-refractivity contribution in [3.63, 3.8) is 0 Å². The van der Waals surface area contributed by atoms with E-state index in [-0.39, 0.29) is 5.91 Å². The van der Waals surface area contributed by atoms with Gasteiger partial charge in [-0.15, -0.1) is 0 Å². The Morgan fingerprint density at radius 2 is 1.67 bits per heavy atom. The summed E-state index contributed by atoms with van der Waals surface area (Å²) in [4.78, 5) is 21.1. The number of likely N-dealkylation sites (tertiary alicyclic amines) is 2. The summed E-state index contributed by atoms with van der Waals surface area (Å²) in [6.45, 7) is 8.51. The number of hydrogen-bond donors (Lipinski definition) is 2. The van der Waals surface area contributed by atoms with E-state index in [1.54, 1.807) is 7.05 Å². The molecule has 0 saturated carbocycles. The van der Waals surface area contributed by atoms with Crippen LogP contribution < -0.4 is 10.6 Å². The number of guanidine groups is 1. The van der Waals surface area contributed by atoms with Gasteiger partial charge in [-0.2, -0.15) is 0 Å². The van der Waals surface area contributed by atoms with E-state index in [9.17, 15) is 4.79 Å². The molecule has 3 rings (SSSR count). The van der Waals surface area contributed by atoms with Crippen LogP contribution in [0.25, 0.3) is 0 Å². The van der Waals surface area contributed by atoms with Gasteiger partial charge in [-0.25, -0.2) is 0 Å². The highest BCUT2D eigenvalue weighted by molar-refractivity contribution is 5.80. The van der Waals surface area contributed by atoms with E-state index >= 15 is 0 Å². The van der Waals surface area contributed by atoms with Crippen molar-refractivity contribution in [1.82, 2.24) is 20.4 Å². The lowest BCUT2D eigenvalue weighted by molar-refractivity contribution is -0.121. The molecule has 0 unspecified atom stereocenters. The SMILES string of the molecule is CN=C(NCC1CCN(Cc2ccc(C)cc2)CC1)N1CCC(CC(=O)NC)CC1. The largest absolute Gasteiger partial charge is 0.359 e. The minimum atomic E-state index is 0.157. The molecular formula is C24H39N5O. The highest BCUT2D eigenvalue weighted by Gasteiger charge is 2.24. The molecule has 1 aromatic rings. The van der Waals surface area contributed by atoms with Gasteiger partial charge < -0.3 is 15.5 Å². The molecule has 1 aromatic carbocycles. The lowest BCUT2D eigenvalue weighted by atomic mass is 9.93. The zero-order chi connectivity index (χ0) is 21.3. The second-order valence-electron chi connectivity index (χ2n) is 8.94. The third kappa shape index (κ3) is 6.73. The Morgan fingerprint density at radius 3 is 2.27 bits per heavy atom. The molecule has 2 aliphatic rings.